The summed E-state index contributed by atoms with van der Waals surface area (Å²) in [6, 6.07) is 6.12. The molecule has 0 fully saturated rings. The second-order valence-corrected chi connectivity index (χ2v) is 4.91. The van der Waals surface area contributed by atoms with E-state index in [-0.39, 0.29) is 5.91 Å². The van der Waals surface area contributed by atoms with E-state index < -0.39 is 0 Å². The summed E-state index contributed by atoms with van der Waals surface area (Å²) in [6.07, 6.45) is 3.28. The van der Waals surface area contributed by atoms with Crippen molar-refractivity contribution < 1.29 is 4.79 Å². The predicted molar refractivity (Wildman–Crippen MR) is 74.7 cm³/mol. The Kier molecular flexibility index (Phi) is 3.82. The van der Waals surface area contributed by atoms with Crippen molar-refractivity contribution in [2.75, 3.05) is 27.2 Å². The largest absolute Gasteiger partial charge is 0.345 e. The van der Waals surface area contributed by atoms with E-state index in [2.05, 4.69) is 23.5 Å². The van der Waals surface area contributed by atoms with E-state index in [0.717, 1.165) is 30.6 Å². The fourth-order valence-corrected chi connectivity index (χ4v) is 2.23. The van der Waals surface area contributed by atoms with E-state index in [4.69, 9.17) is 0 Å². The van der Waals surface area contributed by atoms with Gasteiger partial charge in [-0.15, -0.1) is 0 Å². The van der Waals surface area contributed by atoms with E-state index in [9.17, 15) is 4.79 Å². The van der Waals surface area contributed by atoms with Gasteiger partial charge in [0.05, 0.1) is 0 Å². The lowest BCUT2D eigenvalue weighted by Crippen LogP contribution is -2.23. The van der Waals surface area contributed by atoms with Gasteiger partial charge < -0.3 is 10.2 Å². The van der Waals surface area contributed by atoms with Crippen molar-refractivity contribution in [1.82, 2.24) is 10.2 Å². The van der Waals surface area contributed by atoms with Crippen LogP contribution in [0.25, 0.3) is 5.57 Å². The lowest BCUT2D eigenvalue weighted by Gasteiger charge is -2.17. The fraction of sp³-hybridized carbons (Fsp3) is 0.400. The number of benzene rings is 1. The van der Waals surface area contributed by atoms with Crippen molar-refractivity contribution in [3.05, 3.63) is 41.0 Å². The number of aryl methyl sites for hydroxylation is 1. The molecule has 3 heteroatoms. The number of hydrogen-bond acceptors (Lipinski definition) is 2. The average molecular weight is 244 g/mol. The van der Waals surface area contributed by atoms with Crippen LogP contribution in [0.15, 0.2) is 24.3 Å². The van der Waals surface area contributed by atoms with Gasteiger partial charge in [0.1, 0.15) is 0 Å². The summed E-state index contributed by atoms with van der Waals surface area (Å²) in [4.78, 5) is 13.6. The molecule has 0 atom stereocenters. The van der Waals surface area contributed by atoms with Gasteiger partial charge in [-0.2, -0.15) is 0 Å². The molecule has 1 aliphatic rings. The number of carbonyl (C=O) groups is 1. The molecule has 18 heavy (non-hydrogen) atoms. The molecule has 0 saturated carbocycles. The summed E-state index contributed by atoms with van der Waals surface area (Å²) < 4.78 is 0. The summed E-state index contributed by atoms with van der Waals surface area (Å²) >= 11 is 0. The number of carbonyl (C=O) groups excluding carboxylic acids is 1. The molecule has 2 rings (SSSR count). The highest BCUT2D eigenvalue weighted by Gasteiger charge is 2.13. The van der Waals surface area contributed by atoms with Gasteiger partial charge in [-0.05, 0) is 42.7 Å². The Labute approximate surface area is 108 Å². The highest BCUT2D eigenvalue weighted by atomic mass is 16.2. The van der Waals surface area contributed by atoms with E-state index >= 15 is 0 Å². The van der Waals surface area contributed by atoms with Gasteiger partial charge in [-0.25, -0.2) is 0 Å². The average Bonchev–Trinajstić information content (AvgIpc) is 2.38. The molecule has 0 saturated heterocycles. The molecule has 1 aromatic carbocycles. The minimum Gasteiger partial charge on any atom is -0.345 e. The van der Waals surface area contributed by atoms with Crippen LogP contribution in [0.1, 0.15) is 27.9 Å². The number of nitrogens with one attached hydrogen (secondary N) is 1. The molecule has 0 aromatic heterocycles. The van der Waals surface area contributed by atoms with Crippen LogP contribution in [0.5, 0.6) is 0 Å². The van der Waals surface area contributed by atoms with Crippen molar-refractivity contribution >= 4 is 11.5 Å². The maximum atomic E-state index is 12.0. The Morgan fingerprint density at radius 2 is 2.11 bits per heavy atom. The Morgan fingerprint density at radius 1 is 1.33 bits per heavy atom. The van der Waals surface area contributed by atoms with Crippen LogP contribution < -0.4 is 5.32 Å². The first-order valence-electron chi connectivity index (χ1n) is 6.32. The molecule has 0 radical (unpaired) electrons. The summed E-state index contributed by atoms with van der Waals surface area (Å²) in [7, 11) is 3.57. The molecular formula is C15H20N2O. The number of nitrogens with zero attached hydrogens (tertiary/aromatic N) is 1. The zero-order valence-electron chi connectivity index (χ0n) is 11.3. The number of hydrogen-bond donors (Lipinski definition) is 1. The van der Waals surface area contributed by atoms with Crippen LogP contribution >= 0.6 is 0 Å². The molecule has 1 aromatic rings. The van der Waals surface area contributed by atoms with Gasteiger partial charge in [0, 0.05) is 26.2 Å². The molecule has 0 spiro atoms. The maximum Gasteiger partial charge on any atom is 0.253 e. The summed E-state index contributed by atoms with van der Waals surface area (Å²) in [5.41, 5.74) is 4.45. The predicted octanol–water partition coefficient (Wildman–Crippen LogP) is 2.07. The highest BCUT2D eigenvalue weighted by Crippen LogP contribution is 2.22. The lowest BCUT2D eigenvalue weighted by atomic mass is 9.96. The van der Waals surface area contributed by atoms with E-state index in [0.29, 0.717) is 0 Å². The molecular weight excluding hydrogens is 224 g/mol. The van der Waals surface area contributed by atoms with Gasteiger partial charge in [0.2, 0.25) is 0 Å². The molecule has 0 unspecified atom stereocenters. The third-order valence-corrected chi connectivity index (χ3v) is 3.30. The number of rotatable bonds is 2. The van der Waals surface area contributed by atoms with Crippen molar-refractivity contribution in [2.24, 2.45) is 0 Å². The molecule has 1 amide bonds. The first-order valence-corrected chi connectivity index (χ1v) is 6.32. The number of amides is 1. The van der Waals surface area contributed by atoms with Crippen LogP contribution in [0.3, 0.4) is 0 Å². The third kappa shape index (κ3) is 2.62. The molecule has 1 N–H and O–H groups in total. The smallest absolute Gasteiger partial charge is 0.253 e. The second kappa shape index (κ2) is 5.36. The van der Waals surface area contributed by atoms with Gasteiger partial charge in [-0.3, -0.25) is 4.79 Å². The Balaban J connectivity index is 2.30. The normalized spacial score (nSPS) is 15.2. The molecule has 96 valence electrons. The van der Waals surface area contributed by atoms with Crippen molar-refractivity contribution in [1.29, 1.82) is 0 Å². The monoisotopic (exact) mass is 244 g/mol. The summed E-state index contributed by atoms with van der Waals surface area (Å²) in [5, 5.41) is 3.31. The van der Waals surface area contributed by atoms with Gasteiger partial charge in [-0.1, -0.05) is 18.2 Å². The van der Waals surface area contributed by atoms with Gasteiger partial charge >= 0.3 is 0 Å². The van der Waals surface area contributed by atoms with E-state index in [1.807, 2.05) is 13.0 Å². The maximum absolute atomic E-state index is 12.0. The standard InChI is InChI=1S/C15H20N2O/c1-11-10-13(12-6-8-16-9-7-12)4-5-14(11)15(18)17(2)3/h4-6,10,16H,7-9H2,1-3H3. The van der Waals surface area contributed by atoms with Gasteiger partial charge in [0.25, 0.3) is 5.91 Å². The third-order valence-electron chi connectivity index (χ3n) is 3.30. The molecule has 0 aliphatic carbocycles. The molecule has 3 nitrogen and oxygen atoms in total. The van der Waals surface area contributed by atoms with Crippen LogP contribution in [-0.4, -0.2) is 38.0 Å². The minimum absolute atomic E-state index is 0.0679. The Hall–Kier alpha value is -1.61. The van der Waals surface area contributed by atoms with Crippen LogP contribution in [0.4, 0.5) is 0 Å². The molecule has 0 bridgehead atoms. The fourth-order valence-electron chi connectivity index (χ4n) is 2.23. The van der Waals surface area contributed by atoms with E-state index in [1.165, 1.54) is 11.1 Å². The minimum atomic E-state index is 0.0679. The Morgan fingerprint density at radius 3 is 2.67 bits per heavy atom. The van der Waals surface area contributed by atoms with Crippen LogP contribution in [0, 0.1) is 6.92 Å². The van der Waals surface area contributed by atoms with Crippen molar-refractivity contribution in [3.63, 3.8) is 0 Å². The Bertz CT molecular complexity index is 489. The SMILES string of the molecule is Cc1cc(C2=CCNCC2)ccc1C(=O)N(C)C. The quantitative estimate of drug-likeness (QED) is 0.864. The molecule has 1 heterocycles. The first-order chi connectivity index (χ1) is 8.59. The second-order valence-electron chi connectivity index (χ2n) is 4.91. The van der Waals surface area contributed by atoms with Crippen molar-refractivity contribution in [3.8, 4) is 0 Å². The van der Waals surface area contributed by atoms with Crippen LogP contribution in [0.2, 0.25) is 0 Å². The van der Waals surface area contributed by atoms with E-state index in [1.54, 1.807) is 19.0 Å². The van der Waals surface area contributed by atoms with Crippen LogP contribution in [-0.2, 0) is 0 Å². The molecule has 1 aliphatic heterocycles. The lowest BCUT2D eigenvalue weighted by molar-refractivity contribution is 0.0827. The van der Waals surface area contributed by atoms with Crippen molar-refractivity contribution in [2.45, 2.75) is 13.3 Å². The zero-order chi connectivity index (χ0) is 13.1. The zero-order valence-corrected chi connectivity index (χ0v) is 11.3. The first kappa shape index (κ1) is 12.8. The summed E-state index contributed by atoms with van der Waals surface area (Å²) in [5.74, 6) is 0.0679. The summed E-state index contributed by atoms with van der Waals surface area (Å²) in [6.45, 7) is 3.97. The van der Waals surface area contributed by atoms with Gasteiger partial charge in [0.15, 0.2) is 0 Å². The topological polar surface area (TPSA) is 32.3 Å². The highest BCUT2D eigenvalue weighted by molar-refractivity contribution is 5.95.